The van der Waals surface area contributed by atoms with Gasteiger partial charge in [-0.1, -0.05) is 18.2 Å². The first-order valence-electron chi connectivity index (χ1n) is 8.92. The lowest BCUT2D eigenvalue weighted by molar-refractivity contribution is -0.0590. The number of rotatable bonds is 5. The van der Waals surface area contributed by atoms with Crippen LogP contribution < -0.4 is 4.74 Å². The molecule has 4 rings (SSSR count). The monoisotopic (exact) mass is 342 g/mol. The molecule has 0 N–H and O–H groups in total. The van der Waals surface area contributed by atoms with Crippen LogP contribution in [-0.4, -0.2) is 41.8 Å². The van der Waals surface area contributed by atoms with Crippen molar-refractivity contribution in [1.29, 1.82) is 0 Å². The highest BCUT2D eigenvalue weighted by Crippen LogP contribution is 2.35. The Labute approximate surface area is 147 Å². The van der Waals surface area contributed by atoms with Gasteiger partial charge in [-0.2, -0.15) is 0 Å². The molecule has 2 fully saturated rings. The molecule has 5 heteroatoms. The van der Waals surface area contributed by atoms with Gasteiger partial charge in [-0.15, -0.1) is 0 Å². The zero-order chi connectivity index (χ0) is 17.1. The topological polar surface area (TPSA) is 34.6 Å². The normalized spacial score (nSPS) is 26.4. The molecule has 1 saturated heterocycles. The van der Waals surface area contributed by atoms with Gasteiger partial charge in [-0.25, -0.2) is 9.37 Å². The van der Waals surface area contributed by atoms with Crippen molar-refractivity contribution in [2.75, 3.05) is 19.8 Å². The van der Waals surface area contributed by atoms with E-state index in [1.54, 1.807) is 6.20 Å². The van der Waals surface area contributed by atoms with E-state index in [0.717, 1.165) is 38.1 Å². The number of nitrogens with zero attached hydrogens (tertiary/aromatic N) is 2. The van der Waals surface area contributed by atoms with Crippen LogP contribution in [0.1, 0.15) is 18.4 Å². The number of halogens is 1. The fraction of sp³-hybridized carbons (Fsp3) is 0.450. The maximum Gasteiger partial charge on any atom is 0.213 e. The predicted octanol–water partition coefficient (Wildman–Crippen LogP) is 3.28. The highest BCUT2D eigenvalue weighted by atomic mass is 19.1. The van der Waals surface area contributed by atoms with E-state index in [9.17, 15) is 4.39 Å². The zero-order valence-corrected chi connectivity index (χ0v) is 14.2. The van der Waals surface area contributed by atoms with E-state index in [2.05, 4.69) is 9.88 Å². The van der Waals surface area contributed by atoms with Gasteiger partial charge >= 0.3 is 0 Å². The first-order chi connectivity index (χ1) is 12.3. The Morgan fingerprint density at radius 2 is 2.04 bits per heavy atom. The fourth-order valence-electron chi connectivity index (χ4n) is 3.92. The molecule has 0 unspecified atom stereocenters. The summed E-state index contributed by atoms with van der Waals surface area (Å²) in [7, 11) is 0. The summed E-state index contributed by atoms with van der Waals surface area (Å²) in [5.41, 5.74) is 1.15. The molecular weight excluding hydrogens is 319 g/mol. The largest absolute Gasteiger partial charge is 0.477 e. The first-order valence-corrected chi connectivity index (χ1v) is 8.92. The molecule has 2 aliphatic rings. The molecular formula is C20H23FN2O2. The van der Waals surface area contributed by atoms with Crippen LogP contribution in [0, 0.1) is 11.7 Å². The number of aromatic nitrogens is 1. The summed E-state index contributed by atoms with van der Waals surface area (Å²) in [6.07, 6.45) is 4.11. The minimum absolute atomic E-state index is 0.184. The van der Waals surface area contributed by atoms with Crippen LogP contribution in [0.2, 0.25) is 0 Å². The van der Waals surface area contributed by atoms with E-state index >= 15 is 0 Å². The molecule has 4 nitrogen and oxygen atoms in total. The van der Waals surface area contributed by atoms with Gasteiger partial charge < -0.3 is 9.47 Å². The second-order valence-electron chi connectivity index (χ2n) is 6.89. The van der Waals surface area contributed by atoms with Crippen molar-refractivity contribution in [1.82, 2.24) is 9.88 Å². The lowest BCUT2D eigenvalue weighted by Gasteiger charge is -2.37. The Morgan fingerprint density at radius 1 is 1.16 bits per heavy atom. The maximum atomic E-state index is 13.1. The highest BCUT2D eigenvalue weighted by molar-refractivity contribution is 5.16. The standard InChI is InChI=1S/C20H23FN2O2/c21-17-6-4-15(5-7-17)13-23-9-10-24-19-12-16(11-18(19)23)14-25-20-3-1-2-8-22-20/h1-8,16,18-19H,9-14H2/t16-,18+,19+/m0/s1. The second-order valence-corrected chi connectivity index (χ2v) is 6.89. The summed E-state index contributed by atoms with van der Waals surface area (Å²) in [4.78, 5) is 6.69. The predicted molar refractivity (Wildman–Crippen MR) is 92.8 cm³/mol. The lowest BCUT2D eigenvalue weighted by Crippen LogP contribution is -2.47. The van der Waals surface area contributed by atoms with Crippen molar-refractivity contribution >= 4 is 0 Å². The van der Waals surface area contributed by atoms with Crippen LogP contribution >= 0.6 is 0 Å². The minimum atomic E-state index is -0.184. The smallest absolute Gasteiger partial charge is 0.213 e. The first kappa shape index (κ1) is 16.5. The maximum absolute atomic E-state index is 13.1. The average Bonchev–Trinajstić information content (AvgIpc) is 3.07. The average molecular weight is 342 g/mol. The SMILES string of the molecule is Fc1ccc(CN2CCO[C@@H]3C[C@@H](COc4ccccn4)C[C@H]32)cc1. The third kappa shape index (κ3) is 3.99. The van der Waals surface area contributed by atoms with Crippen LogP contribution in [0.4, 0.5) is 4.39 Å². The van der Waals surface area contributed by atoms with Crippen molar-refractivity contribution < 1.29 is 13.9 Å². The van der Waals surface area contributed by atoms with E-state index in [0.29, 0.717) is 24.4 Å². The number of fused-ring (bicyclic) bond motifs is 1. The molecule has 0 spiro atoms. The molecule has 2 heterocycles. The number of hydrogen-bond donors (Lipinski definition) is 0. The summed E-state index contributed by atoms with van der Waals surface area (Å²) in [6, 6.07) is 12.9. The summed E-state index contributed by atoms with van der Waals surface area (Å²) in [5, 5.41) is 0. The van der Waals surface area contributed by atoms with E-state index in [1.807, 2.05) is 30.3 Å². The zero-order valence-electron chi connectivity index (χ0n) is 14.2. The third-order valence-electron chi connectivity index (χ3n) is 5.15. The van der Waals surface area contributed by atoms with Gasteiger partial charge in [0.25, 0.3) is 0 Å². The van der Waals surface area contributed by atoms with Crippen LogP contribution in [0.25, 0.3) is 0 Å². The molecule has 132 valence electrons. The highest BCUT2D eigenvalue weighted by Gasteiger charge is 2.41. The third-order valence-corrected chi connectivity index (χ3v) is 5.15. The van der Waals surface area contributed by atoms with Crippen LogP contribution in [0.15, 0.2) is 48.7 Å². The van der Waals surface area contributed by atoms with Gasteiger partial charge in [0.05, 0.1) is 19.3 Å². The van der Waals surface area contributed by atoms with E-state index in [4.69, 9.17) is 9.47 Å². The Kier molecular flexibility index (Phi) is 4.95. The van der Waals surface area contributed by atoms with Gasteiger partial charge in [0.2, 0.25) is 5.88 Å². The van der Waals surface area contributed by atoms with Gasteiger partial charge in [0.1, 0.15) is 5.82 Å². The molecule has 3 atom stereocenters. The molecule has 0 amide bonds. The second kappa shape index (κ2) is 7.50. The molecule has 0 bridgehead atoms. The van der Waals surface area contributed by atoms with Crippen LogP contribution in [0.5, 0.6) is 5.88 Å². The van der Waals surface area contributed by atoms with E-state index in [1.165, 1.54) is 12.1 Å². The molecule has 25 heavy (non-hydrogen) atoms. The van der Waals surface area contributed by atoms with Crippen molar-refractivity contribution in [3.05, 3.63) is 60.0 Å². The Bertz CT molecular complexity index is 680. The number of ether oxygens (including phenoxy) is 2. The summed E-state index contributed by atoms with van der Waals surface area (Å²) in [6.45, 7) is 3.21. The minimum Gasteiger partial charge on any atom is -0.477 e. The molecule has 1 aromatic heterocycles. The molecule has 1 saturated carbocycles. The molecule has 1 aromatic carbocycles. The lowest BCUT2D eigenvalue weighted by atomic mass is 10.1. The van der Waals surface area contributed by atoms with Gasteiger partial charge in [-0.05, 0) is 42.5 Å². The number of pyridine rings is 1. The van der Waals surface area contributed by atoms with Gasteiger partial charge in [0.15, 0.2) is 0 Å². The van der Waals surface area contributed by atoms with Crippen molar-refractivity contribution in [2.45, 2.75) is 31.5 Å². The number of hydrogen-bond acceptors (Lipinski definition) is 4. The summed E-state index contributed by atoms with van der Waals surface area (Å²) < 4.78 is 24.9. The quantitative estimate of drug-likeness (QED) is 0.835. The number of benzene rings is 1. The van der Waals surface area contributed by atoms with Gasteiger partial charge in [0, 0.05) is 31.4 Å². The van der Waals surface area contributed by atoms with E-state index in [-0.39, 0.29) is 11.9 Å². The Balaban J connectivity index is 1.35. The van der Waals surface area contributed by atoms with Crippen LogP contribution in [-0.2, 0) is 11.3 Å². The molecule has 2 aromatic rings. The Hall–Kier alpha value is -1.98. The van der Waals surface area contributed by atoms with Gasteiger partial charge in [-0.3, -0.25) is 4.90 Å². The van der Waals surface area contributed by atoms with Crippen molar-refractivity contribution in [2.24, 2.45) is 5.92 Å². The fourth-order valence-corrected chi connectivity index (χ4v) is 3.92. The van der Waals surface area contributed by atoms with Crippen molar-refractivity contribution in [3.63, 3.8) is 0 Å². The Morgan fingerprint density at radius 3 is 2.84 bits per heavy atom. The summed E-state index contributed by atoms with van der Waals surface area (Å²) in [5.74, 6) is 0.975. The molecule has 1 aliphatic heterocycles. The van der Waals surface area contributed by atoms with E-state index < -0.39 is 0 Å². The summed E-state index contributed by atoms with van der Waals surface area (Å²) >= 11 is 0. The molecule has 1 aliphatic carbocycles. The van der Waals surface area contributed by atoms with Crippen molar-refractivity contribution in [3.8, 4) is 5.88 Å². The van der Waals surface area contributed by atoms with Crippen LogP contribution in [0.3, 0.4) is 0 Å². The molecule has 0 radical (unpaired) electrons. The number of morpholine rings is 1.